The van der Waals surface area contributed by atoms with Gasteiger partial charge in [0, 0.05) is 0 Å². The predicted octanol–water partition coefficient (Wildman–Crippen LogP) is 3.34. The lowest BCUT2D eigenvalue weighted by Crippen LogP contribution is -2.00. The lowest BCUT2D eigenvalue weighted by molar-refractivity contribution is 0.0693. The summed E-state index contributed by atoms with van der Waals surface area (Å²) >= 11 is 0. The highest BCUT2D eigenvalue weighted by Crippen LogP contribution is 2.27. The molecular formula is C14H10F2O3. The Morgan fingerprint density at radius 1 is 1.05 bits per heavy atom. The summed E-state index contributed by atoms with van der Waals surface area (Å²) < 4.78 is 30.9. The number of ether oxygens (including phenoxy) is 1. The predicted molar refractivity (Wildman–Crippen MR) is 65.3 cm³/mol. The molecule has 0 heterocycles. The van der Waals surface area contributed by atoms with Gasteiger partial charge >= 0.3 is 5.97 Å². The number of rotatable bonds is 3. The normalized spacial score (nSPS) is 10.3. The number of aromatic carboxylic acids is 1. The van der Waals surface area contributed by atoms with Gasteiger partial charge in [0.05, 0.1) is 7.11 Å². The van der Waals surface area contributed by atoms with Gasteiger partial charge in [0.2, 0.25) is 0 Å². The lowest BCUT2D eigenvalue weighted by Gasteiger charge is -2.08. The average molecular weight is 264 g/mol. The number of hydrogen-bond acceptors (Lipinski definition) is 2. The van der Waals surface area contributed by atoms with Crippen molar-refractivity contribution < 1.29 is 23.4 Å². The first kappa shape index (κ1) is 13.0. The smallest absolute Gasteiger partial charge is 0.339 e. The summed E-state index contributed by atoms with van der Waals surface area (Å²) in [6.07, 6.45) is 0. The molecule has 0 bridgehead atoms. The molecule has 0 saturated heterocycles. The molecule has 5 heteroatoms. The van der Waals surface area contributed by atoms with E-state index in [9.17, 15) is 13.6 Å². The number of benzene rings is 2. The van der Waals surface area contributed by atoms with E-state index in [0.29, 0.717) is 11.1 Å². The van der Waals surface area contributed by atoms with Crippen molar-refractivity contribution in [2.75, 3.05) is 7.11 Å². The van der Waals surface area contributed by atoms with E-state index in [4.69, 9.17) is 9.84 Å². The minimum atomic E-state index is -1.15. The van der Waals surface area contributed by atoms with Crippen molar-refractivity contribution in [2.45, 2.75) is 0 Å². The summed E-state index contributed by atoms with van der Waals surface area (Å²) in [6.45, 7) is 0. The van der Waals surface area contributed by atoms with Crippen molar-refractivity contribution in [3.8, 4) is 16.9 Å². The Labute approximate surface area is 108 Å². The number of halogens is 2. The molecule has 1 N–H and O–H groups in total. The van der Waals surface area contributed by atoms with Gasteiger partial charge in [0.15, 0.2) is 11.6 Å². The highest BCUT2D eigenvalue weighted by atomic mass is 19.2. The van der Waals surface area contributed by atoms with Gasteiger partial charge < -0.3 is 9.84 Å². The van der Waals surface area contributed by atoms with E-state index in [1.807, 2.05) is 0 Å². The summed E-state index contributed by atoms with van der Waals surface area (Å²) in [5, 5.41) is 9.05. The van der Waals surface area contributed by atoms with Crippen LogP contribution in [-0.2, 0) is 0 Å². The number of carboxylic acids is 1. The molecule has 0 fully saturated rings. The Kier molecular flexibility index (Phi) is 3.46. The van der Waals surface area contributed by atoms with E-state index in [2.05, 4.69) is 0 Å². The van der Waals surface area contributed by atoms with Crippen LogP contribution in [0.2, 0.25) is 0 Å². The van der Waals surface area contributed by atoms with E-state index in [-0.39, 0.29) is 11.3 Å². The minimum Gasteiger partial charge on any atom is -0.496 e. The number of hydrogen-bond donors (Lipinski definition) is 1. The summed E-state index contributed by atoms with van der Waals surface area (Å²) in [7, 11) is 1.36. The van der Waals surface area contributed by atoms with Gasteiger partial charge in [-0.25, -0.2) is 13.6 Å². The van der Waals surface area contributed by atoms with Crippen LogP contribution in [0.4, 0.5) is 8.78 Å². The fraction of sp³-hybridized carbons (Fsp3) is 0.0714. The van der Waals surface area contributed by atoms with E-state index < -0.39 is 17.6 Å². The van der Waals surface area contributed by atoms with Crippen LogP contribution in [0, 0.1) is 11.6 Å². The third-order valence-corrected chi connectivity index (χ3v) is 2.68. The largest absolute Gasteiger partial charge is 0.496 e. The van der Waals surface area contributed by atoms with Crippen LogP contribution in [-0.4, -0.2) is 18.2 Å². The number of methoxy groups -OCH3 is 1. The minimum absolute atomic E-state index is 0.0373. The van der Waals surface area contributed by atoms with Gasteiger partial charge in [0.25, 0.3) is 0 Å². The molecule has 19 heavy (non-hydrogen) atoms. The molecule has 0 spiro atoms. The van der Waals surface area contributed by atoms with Gasteiger partial charge in [0.1, 0.15) is 11.3 Å². The SMILES string of the molecule is COc1ccc(-c2ccc(F)c(F)c2)cc1C(=O)O. The summed E-state index contributed by atoms with van der Waals surface area (Å²) in [5.41, 5.74) is 0.825. The zero-order chi connectivity index (χ0) is 14.0. The maximum absolute atomic E-state index is 13.2. The molecule has 0 unspecified atom stereocenters. The molecule has 3 nitrogen and oxygen atoms in total. The quantitative estimate of drug-likeness (QED) is 0.924. The summed E-state index contributed by atoms with van der Waals surface area (Å²) in [4.78, 5) is 11.1. The van der Waals surface area contributed by atoms with Crippen molar-refractivity contribution in [1.29, 1.82) is 0 Å². The third-order valence-electron chi connectivity index (χ3n) is 2.68. The summed E-state index contributed by atoms with van der Waals surface area (Å²) in [5.74, 6) is -2.87. The second kappa shape index (κ2) is 5.06. The van der Waals surface area contributed by atoms with Gasteiger partial charge in [-0.05, 0) is 35.4 Å². The number of carboxylic acid groups (broad SMARTS) is 1. The first-order valence-corrected chi connectivity index (χ1v) is 5.39. The molecule has 2 rings (SSSR count). The van der Waals surface area contributed by atoms with Crippen molar-refractivity contribution in [1.82, 2.24) is 0 Å². The maximum atomic E-state index is 13.2. The molecule has 0 aliphatic rings. The Hall–Kier alpha value is -2.43. The van der Waals surface area contributed by atoms with E-state index in [1.54, 1.807) is 6.07 Å². The Morgan fingerprint density at radius 2 is 1.68 bits per heavy atom. The average Bonchev–Trinajstić information content (AvgIpc) is 2.41. The highest BCUT2D eigenvalue weighted by molar-refractivity contribution is 5.92. The lowest BCUT2D eigenvalue weighted by atomic mass is 10.0. The van der Waals surface area contributed by atoms with Gasteiger partial charge in [-0.15, -0.1) is 0 Å². The standard InChI is InChI=1S/C14H10F2O3/c1-19-13-5-3-8(6-10(13)14(17)18)9-2-4-11(15)12(16)7-9/h2-7H,1H3,(H,17,18). The third kappa shape index (κ3) is 2.54. The van der Waals surface area contributed by atoms with Crippen LogP contribution < -0.4 is 4.74 Å². The first-order chi connectivity index (χ1) is 9.02. The highest BCUT2D eigenvalue weighted by Gasteiger charge is 2.13. The van der Waals surface area contributed by atoms with Crippen LogP contribution >= 0.6 is 0 Å². The molecule has 2 aromatic rings. The molecular weight excluding hydrogens is 254 g/mol. The van der Waals surface area contributed by atoms with Crippen LogP contribution in [0.3, 0.4) is 0 Å². The van der Waals surface area contributed by atoms with Crippen molar-refractivity contribution in [2.24, 2.45) is 0 Å². The van der Waals surface area contributed by atoms with Gasteiger partial charge in [-0.1, -0.05) is 12.1 Å². The van der Waals surface area contributed by atoms with Gasteiger partial charge in [-0.2, -0.15) is 0 Å². The molecule has 98 valence electrons. The first-order valence-electron chi connectivity index (χ1n) is 5.39. The number of carbonyl (C=O) groups is 1. The fourth-order valence-electron chi connectivity index (χ4n) is 1.73. The molecule has 0 radical (unpaired) electrons. The van der Waals surface area contributed by atoms with E-state index in [1.165, 1.54) is 25.3 Å². The van der Waals surface area contributed by atoms with Crippen LogP contribution in [0.15, 0.2) is 36.4 Å². The molecule has 0 aromatic heterocycles. The van der Waals surface area contributed by atoms with Crippen LogP contribution in [0.5, 0.6) is 5.75 Å². The van der Waals surface area contributed by atoms with Gasteiger partial charge in [-0.3, -0.25) is 0 Å². The second-order valence-electron chi connectivity index (χ2n) is 3.85. The fourth-order valence-corrected chi connectivity index (χ4v) is 1.73. The Bertz CT molecular complexity index is 639. The molecule has 0 aliphatic carbocycles. The Balaban J connectivity index is 2.53. The van der Waals surface area contributed by atoms with Crippen LogP contribution in [0.25, 0.3) is 11.1 Å². The molecule has 0 atom stereocenters. The van der Waals surface area contributed by atoms with Crippen molar-refractivity contribution in [3.63, 3.8) is 0 Å². The monoisotopic (exact) mass is 264 g/mol. The Morgan fingerprint density at radius 3 is 2.26 bits per heavy atom. The molecule has 0 saturated carbocycles. The topological polar surface area (TPSA) is 46.5 Å². The zero-order valence-corrected chi connectivity index (χ0v) is 9.98. The van der Waals surface area contributed by atoms with Crippen molar-refractivity contribution in [3.05, 3.63) is 53.6 Å². The van der Waals surface area contributed by atoms with E-state index in [0.717, 1.165) is 12.1 Å². The maximum Gasteiger partial charge on any atom is 0.339 e. The molecule has 0 amide bonds. The molecule has 0 aliphatic heterocycles. The van der Waals surface area contributed by atoms with E-state index >= 15 is 0 Å². The zero-order valence-electron chi connectivity index (χ0n) is 9.98. The molecule has 2 aromatic carbocycles. The van der Waals surface area contributed by atoms with Crippen molar-refractivity contribution >= 4 is 5.97 Å². The second-order valence-corrected chi connectivity index (χ2v) is 3.85. The van der Waals surface area contributed by atoms with Crippen LogP contribution in [0.1, 0.15) is 10.4 Å². The summed E-state index contributed by atoms with van der Waals surface area (Å²) in [6, 6.07) is 7.80.